The molecule has 206 valence electrons. The summed E-state index contributed by atoms with van der Waals surface area (Å²) >= 11 is 1.86. The van der Waals surface area contributed by atoms with Gasteiger partial charge in [-0.15, -0.1) is 11.8 Å². The first-order valence-corrected chi connectivity index (χ1v) is 14.6. The molecule has 1 aliphatic rings. The highest BCUT2D eigenvalue weighted by molar-refractivity contribution is 8.00. The molecule has 0 bridgehead atoms. The molecule has 7 heteroatoms. The van der Waals surface area contributed by atoms with Crippen LogP contribution in [0, 0.1) is 5.92 Å². The maximum atomic E-state index is 13.4. The third-order valence-electron chi connectivity index (χ3n) is 6.85. The number of nitrogens with zero attached hydrogens (tertiary/aromatic N) is 1. The minimum Gasteiger partial charge on any atom is -0.353 e. The van der Waals surface area contributed by atoms with E-state index in [4.69, 9.17) is 0 Å². The molecule has 0 radical (unpaired) electrons. The van der Waals surface area contributed by atoms with Gasteiger partial charge in [0.15, 0.2) is 0 Å². The molecule has 1 saturated heterocycles. The number of rotatable bonds is 12. The fourth-order valence-electron chi connectivity index (χ4n) is 4.81. The standard InChI is InChI=1S/C31H43N3O3S/c1-23(17-20-35)29(36)32-25(21-24-11-7-5-8-12-24)15-18-34-19-16-27(38-26-13-9-6-10-14-26)22-28(34)30(37)33-31(2,3)4/h5-14,20,23,25,27-28H,15-19,21-22H2,1-4H3,(H,32,36)(H,33,37)/t23?,25-,27?,28?/m1/s1. The van der Waals surface area contributed by atoms with Crippen molar-refractivity contribution in [2.75, 3.05) is 13.1 Å². The van der Waals surface area contributed by atoms with Gasteiger partial charge in [-0.2, -0.15) is 0 Å². The van der Waals surface area contributed by atoms with Gasteiger partial charge in [0.1, 0.15) is 6.29 Å². The third kappa shape index (κ3) is 9.91. The van der Waals surface area contributed by atoms with Gasteiger partial charge in [0.05, 0.1) is 6.04 Å². The summed E-state index contributed by atoms with van der Waals surface area (Å²) in [4.78, 5) is 40.7. The van der Waals surface area contributed by atoms with Crippen molar-refractivity contribution in [1.29, 1.82) is 0 Å². The van der Waals surface area contributed by atoms with Crippen molar-refractivity contribution in [3.63, 3.8) is 0 Å². The molecular formula is C31H43N3O3S. The molecule has 1 heterocycles. The first kappa shape index (κ1) is 29.9. The topological polar surface area (TPSA) is 78.5 Å². The van der Waals surface area contributed by atoms with Crippen molar-refractivity contribution >= 4 is 29.9 Å². The van der Waals surface area contributed by atoms with E-state index < -0.39 is 0 Å². The Morgan fingerprint density at radius 1 is 1.08 bits per heavy atom. The molecular weight excluding hydrogens is 494 g/mol. The van der Waals surface area contributed by atoms with E-state index in [1.807, 2.05) is 56.8 Å². The predicted molar refractivity (Wildman–Crippen MR) is 155 cm³/mol. The van der Waals surface area contributed by atoms with Gasteiger partial charge in [0.2, 0.25) is 11.8 Å². The molecule has 6 nitrogen and oxygen atoms in total. The number of amides is 2. The number of benzene rings is 2. The van der Waals surface area contributed by atoms with E-state index in [0.717, 1.165) is 37.7 Å². The number of hydrogen-bond acceptors (Lipinski definition) is 5. The molecule has 3 unspecified atom stereocenters. The predicted octanol–water partition coefficient (Wildman–Crippen LogP) is 4.87. The number of carbonyl (C=O) groups is 3. The van der Waals surface area contributed by atoms with Gasteiger partial charge in [-0.1, -0.05) is 55.5 Å². The highest BCUT2D eigenvalue weighted by Crippen LogP contribution is 2.33. The average molecular weight is 538 g/mol. The Morgan fingerprint density at radius 2 is 1.74 bits per heavy atom. The van der Waals surface area contributed by atoms with E-state index in [2.05, 4.69) is 51.9 Å². The lowest BCUT2D eigenvalue weighted by Gasteiger charge is -2.40. The molecule has 2 aromatic rings. The summed E-state index contributed by atoms with van der Waals surface area (Å²) in [7, 11) is 0. The second kappa shape index (κ2) is 14.5. The summed E-state index contributed by atoms with van der Waals surface area (Å²) in [6.07, 6.45) is 4.24. The van der Waals surface area contributed by atoms with Crippen LogP contribution in [0.4, 0.5) is 0 Å². The molecule has 0 aliphatic carbocycles. The number of aldehydes is 1. The smallest absolute Gasteiger partial charge is 0.237 e. The molecule has 2 amide bonds. The van der Waals surface area contributed by atoms with Crippen LogP contribution in [0.5, 0.6) is 0 Å². The van der Waals surface area contributed by atoms with Crippen LogP contribution >= 0.6 is 11.8 Å². The molecule has 38 heavy (non-hydrogen) atoms. The number of piperidine rings is 1. The van der Waals surface area contributed by atoms with E-state index in [-0.39, 0.29) is 41.8 Å². The second-order valence-corrected chi connectivity index (χ2v) is 12.7. The van der Waals surface area contributed by atoms with Gasteiger partial charge in [-0.05, 0) is 70.7 Å². The molecule has 4 atom stereocenters. The van der Waals surface area contributed by atoms with E-state index in [1.165, 1.54) is 4.90 Å². The lowest BCUT2D eigenvalue weighted by Crippen LogP contribution is -2.56. The van der Waals surface area contributed by atoms with Crippen LogP contribution < -0.4 is 10.6 Å². The molecule has 2 N–H and O–H groups in total. The van der Waals surface area contributed by atoms with Gasteiger partial charge in [0, 0.05) is 40.6 Å². The highest BCUT2D eigenvalue weighted by Gasteiger charge is 2.35. The first-order chi connectivity index (χ1) is 18.1. The summed E-state index contributed by atoms with van der Waals surface area (Å²) < 4.78 is 0. The molecule has 0 spiro atoms. The Labute approximate surface area is 232 Å². The van der Waals surface area contributed by atoms with Crippen molar-refractivity contribution in [2.45, 2.75) is 87.6 Å². The minimum absolute atomic E-state index is 0.0686. The monoisotopic (exact) mass is 537 g/mol. The first-order valence-electron chi connectivity index (χ1n) is 13.7. The zero-order valence-electron chi connectivity index (χ0n) is 23.2. The van der Waals surface area contributed by atoms with Crippen molar-refractivity contribution in [3.8, 4) is 0 Å². The quantitative estimate of drug-likeness (QED) is 0.378. The maximum Gasteiger partial charge on any atom is 0.237 e. The van der Waals surface area contributed by atoms with E-state index >= 15 is 0 Å². The van der Waals surface area contributed by atoms with Crippen LogP contribution in [0.3, 0.4) is 0 Å². The Kier molecular flexibility index (Phi) is 11.4. The zero-order valence-corrected chi connectivity index (χ0v) is 24.0. The molecule has 2 aromatic carbocycles. The zero-order chi connectivity index (χ0) is 27.5. The molecule has 1 fully saturated rings. The van der Waals surface area contributed by atoms with E-state index in [1.54, 1.807) is 6.92 Å². The van der Waals surface area contributed by atoms with E-state index in [0.29, 0.717) is 18.2 Å². The Morgan fingerprint density at radius 3 is 2.37 bits per heavy atom. The Balaban J connectivity index is 1.71. The molecule has 3 rings (SSSR count). The van der Waals surface area contributed by atoms with Crippen LogP contribution in [0.15, 0.2) is 65.6 Å². The number of likely N-dealkylation sites (tertiary alicyclic amines) is 1. The van der Waals surface area contributed by atoms with Gasteiger partial charge in [0.25, 0.3) is 0 Å². The maximum absolute atomic E-state index is 13.4. The minimum atomic E-state index is -0.359. The normalized spacial score (nSPS) is 19.8. The van der Waals surface area contributed by atoms with Crippen LogP contribution in [-0.2, 0) is 20.8 Å². The molecule has 0 saturated carbocycles. The van der Waals surface area contributed by atoms with Crippen molar-refractivity contribution < 1.29 is 14.4 Å². The van der Waals surface area contributed by atoms with Gasteiger partial charge < -0.3 is 15.4 Å². The lowest BCUT2D eigenvalue weighted by atomic mass is 9.97. The fourth-order valence-corrected chi connectivity index (χ4v) is 6.01. The fraction of sp³-hybridized carbons (Fsp3) is 0.516. The van der Waals surface area contributed by atoms with Crippen LogP contribution in [-0.4, -0.2) is 59.0 Å². The largest absolute Gasteiger partial charge is 0.353 e. The van der Waals surface area contributed by atoms with Crippen LogP contribution in [0.25, 0.3) is 0 Å². The second-order valence-electron chi connectivity index (χ2n) is 11.4. The summed E-state index contributed by atoms with van der Waals surface area (Å²) in [5.41, 5.74) is 0.849. The van der Waals surface area contributed by atoms with Crippen LogP contribution in [0.2, 0.25) is 0 Å². The summed E-state index contributed by atoms with van der Waals surface area (Å²) in [6, 6.07) is 20.2. The molecule has 0 aromatic heterocycles. The van der Waals surface area contributed by atoms with Crippen molar-refractivity contribution in [1.82, 2.24) is 15.5 Å². The number of thioether (sulfide) groups is 1. The van der Waals surface area contributed by atoms with Gasteiger partial charge in [-0.3, -0.25) is 14.5 Å². The van der Waals surface area contributed by atoms with E-state index in [9.17, 15) is 14.4 Å². The SMILES string of the molecule is CC(CC=O)C(=O)N[C@H](CCN1CCC(Sc2ccccc2)CC1C(=O)NC(C)(C)C)Cc1ccccc1. The highest BCUT2D eigenvalue weighted by atomic mass is 32.2. The number of hydrogen-bond donors (Lipinski definition) is 2. The lowest BCUT2D eigenvalue weighted by molar-refractivity contribution is -0.129. The average Bonchev–Trinajstić information content (AvgIpc) is 2.88. The number of nitrogens with one attached hydrogen (secondary N) is 2. The van der Waals surface area contributed by atoms with Crippen molar-refractivity contribution in [3.05, 3.63) is 66.2 Å². The summed E-state index contributed by atoms with van der Waals surface area (Å²) in [5.74, 6) is -0.390. The van der Waals surface area contributed by atoms with Gasteiger partial charge >= 0.3 is 0 Å². The molecule has 1 aliphatic heterocycles. The number of carbonyl (C=O) groups excluding carboxylic acids is 3. The third-order valence-corrected chi connectivity index (χ3v) is 8.15. The Hall–Kier alpha value is -2.64. The van der Waals surface area contributed by atoms with Crippen LogP contribution in [0.1, 0.15) is 58.9 Å². The van der Waals surface area contributed by atoms with Gasteiger partial charge in [-0.25, -0.2) is 0 Å². The Bertz CT molecular complexity index is 1030. The van der Waals surface area contributed by atoms with Crippen molar-refractivity contribution in [2.24, 2.45) is 5.92 Å². The summed E-state index contributed by atoms with van der Waals surface area (Å²) in [5, 5.41) is 6.75. The summed E-state index contributed by atoms with van der Waals surface area (Å²) in [6.45, 7) is 9.37.